The number of nitrogens with zero attached hydrogens (tertiary/aromatic N) is 1. The lowest BCUT2D eigenvalue weighted by Gasteiger charge is -2.33. The molecule has 0 aromatic heterocycles. The lowest BCUT2D eigenvalue weighted by atomic mass is 10.0. The van der Waals surface area contributed by atoms with Crippen molar-refractivity contribution >= 4 is 15.7 Å². The van der Waals surface area contributed by atoms with Crippen LogP contribution in [0.25, 0.3) is 0 Å². The maximum absolute atomic E-state index is 12.4. The first-order valence-electron chi connectivity index (χ1n) is 7.74. The average molecular weight is 323 g/mol. The SMILES string of the molecule is O=C([C@@H]1CCS(=O)(=O)C1)N1CCC(Oc2ccccc2)CC1. The van der Waals surface area contributed by atoms with Gasteiger partial charge < -0.3 is 9.64 Å². The lowest BCUT2D eigenvalue weighted by Crippen LogP contribution is -2.44. The van der Waals surface area contributed by atoms with E-state index in [1.54, 1.807) is 4.90 Å². The summed E-state index contributed by atoms with van der Waals surface area (Å²) in [7, 11) is -3.00. The Kier molecular flexibility index (Phi) is 4.38. The molecule has 0 saturated carbocycles. The highest BCUT2D eigenvalue weighted by molar-refractivity contribution is 7.91. The van der Waals surface area contributed by atoms with E-state index in [9.17, 15) is 13.2 Å². The van der Waals surface area contributed by atoms with Crippen molar-refractivity contribution in [2.45, 2.75) is 25.4 Å². The topological polar surface area (TPSA) is 63.7 Å². The summed E-state index contributed by atoms with van der Waals surface area (Å²) in [4.78, 5) is 14.2. The quantitative estimate of drug-likeness (QED) is 0.845. The van der Waals surface area contributed by atoms with Gasteiger partial charge in [-0.15, -0.1) is 0 Å². The number of para-hydroxylation sites is 1. The highest BCUT2D eigenvalue weighted by atomic mass is 32.2. The van der Waals surface area contributed by atoms with Crippen molar-refractivity contribution in [2.24, 2.45) is 5.92 Å². The van der Waals surface area contributed by atoms with E-state index in [2.05, 4.69) is 0 Å². The fourth-order valence-electron chi connectivity index (χ4n) is 3.13. The van der Waals surface area contributed by atoms with Crippen molar-refractivity contribution in [1.29, 1.82) is 0 Å². The van der Waals surface area contributed by atoms with Gasteiger partial charge in [0.1, 0.15) is 11.9 Å². The minimum Gasteiger partial charge on any atom is -0.490 e. The number of sulfone groups is 1. The number of ether oxygens (including phenoxy) is 1. The zero-order valence-electron chi connectivity index (χ0n) is 12.5. The first-order chi connectivity index (χ1) is 10.5. The van der Waals surface area contributed by atoms with Gasteiger partial charge in [-0.1, -0.05) is 18.2 Å². The summed E-state index contributed by atoms with van der Waals surface area (Å²) >= 11 is 0. The summed E-state index contributed by atoms with van der Waals surface area (Å²) in [6.07, 6.45) is 2.18. The van der Waals surface area contributed by atoms with Crippen LogP contribution in [0.3, 0.4) is 0 Å². The minimum atomic E-state index is -3.00. The molecule has 22 heavy (non-hydrogen) atoms. The van der Waals surface area contributed by atoms with E-state index in [-0.39, 0.29) is 29.4 Å². The summed E-state index contributed by atoms with van der Waals surface area (Å²) in [6, 6.07) is 9.69. The monoisotopic (exact) mass is 323 g/mol. The molecule has 2 fully saturated rings. The number of piperidine rings is 1. The molecule has 2 saturated heterocycles. The maximum Gasteiger partial charge on any atom is 0.226 e. The summed E-state index contributed by atoms with van der Waals surface area (Å²) in [5, 5.41) is 0. The number of likely N-dealkylation sites (tertiary alicyclic amines) is 1. The number of carbonyl (C=O) groups excluding carboxylic acids is 1. The summed E-state index contributed by atoms with van der Waals surface area (Å²) in [6.45, 7) is 1.29. The van der Waals surface area contributed by atoms with Crippen LogP contribution in [0.1, 0.15) is 19.3 Å². The highest BCUT2D eigenvalue weighted by Gasteiger charge is 2.36. The molecule has 1 aromatic rings. The van der Waals surface area contributed by atoms with Gasteiger partial charge in [-0.05, 0) is 18.6 Å². The second-order valence-electron chi connectivity index (χ2n) is 6.06. The third kappa shape index (κ3) is 3.61. The smallest absolute Gasteiger partial charge is 0.226 e. The molecule has 3 rings (SSSR count). The third-order valence-corrected chi connectivity index (χ3v) is 6.15. The van der Waals surface area contributed by atoms with Gasteiger partial charge in [0.2, 0.25) is 5.91 Å². The molecule has 1 aromatic carbocycles. The van der Waals surface area contributed by atoms with Gasteiger partial charge in [-0.3, -0.25) is 4.79 Å². The Morgan fingerprint density at radius 2 is 1.77 bits per heavy atom. The fraction of sp³-hybridized carbons (Fsp3) is 0.562. The van der Waals surface area contributed by atoms with E-state index < -0.39 is 9.84 Å². The van der Waals surface area contributed by atoms with E-state index >= 15 is 0 Å². The maximum atomic E-state index is 12.4. The van der Waals surface area contributed by atoms with Crippen LogP contribution in [0.5, 0.6) is 5.75 Å². The first-order valence-corrected chi connectivity index (χ1v) is 9.56. The largest absolute Gasteiger partial charge is 0.490 e. The zero-order chi connectivity index (χ0) is 15.6. The Morgan fingerprint density at radius 3 is 2.36 bits per heavy atom. The molecule has 1 amide bonds. The molecule has 120 valence electrons. The van der Waals surface area contributed by atoms with Gasteiger partial charge in [0.05, 0.1) is 17.4 Å². The van der Waals surface area contributed by atoms with Crippen LogP contribution >= 0.6 is 0 Å². The number of hydrogen-bond acceptors (Lipinski definition) is 4. The predicted molar refractivity (Wildman–Crippen MR) is 83.4 cm³/mol. The van der Waals surface area contributed by atoms with Crippen LogP contribution in [0, 0.1) is 5.92 Å². The van der Waals surface area contributed by atoms with Crippen molar-refractivity contribution in [3.05, 3.63) is 30.3 Å². The number of carbonyl (C=O) groups is 1. The van der Waals surface area contributed by atoms with E-state index in [0.717, 1.165) is 18.6 Å². The number of amides is 1. The van der Waals surface area contributed by atoms with E-state index in [1.807, 2.05) is 30.3 Å². The van der Waals surface area contributed by atoms with Crippen molar-refractivity contribution in [2.75, 3.05) is 24.6 Å². The molecule has 6 heteroatoms. The molecular weight excluding hydrogens is 302 g/mol. The molecule has 5 nitrogen and oxygen atoms in total. The predicted octanol–water partition coefficient (Wildman–Crippen LogP) is 1.49. The van der Waals surface area contributed by atoms with Crippen LogP contribution in [0.2, 0.25) is 0 Å². The molecule has 1 atom stereocenters. The molecule has 2 aliphatic rings. The van der Waals surface area contributed by atoms with Crippen LogP contribution in [0.15, 0.2) is 30.3 Å². The molecular formula is C16H21NO4S. The van der Waals surface area contributed by atoms with E-state index in [4.69, 9.17) is 4.74 Å². The molecule has 0 aliphatic carbocycles. The average Bonchev–Trinajstić information content (AvgIpc) is 2.88. The standard InChI is InChI=1S/C16H21NO4S/c18-16(13-8-11-22(19,20)12-13)17-9-6-15(7-10-17)21-14-4-2-1-3-5-14/h1-5,13,15H,6-12H2/t13-/m1/s1. The molecule has 0 N–H and O–H groups in total. The summed E-state index contributed by atoms with van der Waals surface area (Å²) in [5.74, 6) is 0.688. The molecule has 0 spiro atoms. The van der Waals surface area contributed by atoms with Crippen molar-refractivity contribution in [1.82, 2.24) is 4.90 Å². The van der Waals surface area contributed by atoms with Gasteiger partial charge >= 0.3 is 0 Å². The van der Waals surface area contributed by atoms with Crippen LogP contribution in [-0.2, 0) is 14.6 Å². The minimum absolute atomic E-state index is 0.000707. The first kappa shape index (κ1) is 15.3. The number of benzene rings is 1. The van der Waals surface area contributed by atoms with Crippen LogP contribution in [-0.4, -0.2) is 49.9 Å². The van der Waals surface area contributed by atoms with Gasteiger partial charge in [0.15, 0.2) is 9.84 Å². The van der Waals surface area contributed by atoms with Crippen molar-refractivity contribution in [3.63, 3.8) is 0 Å². The zero-order valence-corrected chi connectivity index (χ0v) is 13.3. The van der Waals surface area contributed by atoms with Gasteiger partial charge in [0, 0.05) is 25.9 Å². The molecule has 0 unspecified atom stereocenters. The van der Waals surface area contributed by atoms with E-state index in [1.165, 1.54) is 0 Å². The van der Waals surface area contributed by atoms with Crippen LogP contribution in [0.4, 0.5) is 0 Å². The van der Waals surface area contributed by atoms with Crippen molar-refractivity contribution < 1.29 is 17.9 Å². The van der Waals surface area contributed by atoms with Gasteiger partial charge in [0.25, 0.3) is 0 Å². The Labute approximate surface area is 131 Å². The summed E-state index contributed by atoms with van der Waals surface area (Å²) in [5.41, 5.74) is 0. The molecule has 0 radical (unpaired) electrons. The highest BCUT2D eigenvalue weighted by Crippen LogP contribution is 2.24. The van der Waals surface area contributed by atoms with Gasteiger partial charge in [-0.25, -0.2) is 8.42 Å². The van der Waals surface area contributed by atoms with Crippen molar-refractivity contribution in [3.8, 4) is 5.75 Å². The lowest BCUT2D eigenvalue weighted by molar-refractivity contribution is -0.136. The van der Waals surface area contributed by atoms with Gasteiger partial charge in [-0.2, -0.15) is 0 Å². The normalized spacial score (nSPS) is 25.1. The Morgan fingerprint density at radius 1 is 1.09 bits per heavy atom. The van der Waals surface area contributed by atoms with Crippen LogP contribution < -0.4 is 4.74 Å². The third-order valence-electron chi connectivity index (χ3n) is 4.38. The second-order valence-corrected chi connectivity index (χ2v) is 8.28. The Bertz CT molecular complexity index is 621. The Balaban J connectivity index is 1.50. The fourth-order valence-corrected chi connectivity index (χ4v) is 4.87. The Hall–Kier alpha value is -1.56. The second kappa shape index (κ2) is 6.28. The molecule has 2 heterocycles. The summed E-state index contributed by atoms with van der Waals surface area (Å²) < 4.78 is 28.9. The molecule has 0 bridgehead atoms. The number of rotatable bonds is 3. The molecule has 2 aliphatic heterocycles. The van der Waals surface area contributed by atoms with E-state index in [0.29, 0.717) is 19.5 Å². The number of hydrogen-bond donors (Lipinski definition) is 0.